The highest BCUT2D eigenvalue weighted by molar-refractivity contribution is 6.02. The summed E-state index contributed by atoms with van der Waals surface area (Å²) in [4.78, 5) is 12.0. The highest BCUT2D eigenvalue weighted by Gasteiger charge is 2.05. The Morgan fingerprint density at radius 2 is 2.12 bits per heavy atom. The minimum absolute atomic E-state index is 0.291. The van der Waals surface area contributed by atoms with Gasteiger partial charge >= 0.3 is 0 Å². The van der Waals surface area contributed by atoms with Gasteiger partial charge in [-0.1, -0.05) is 24.8 Å². The number of methoxy groups -OCH3 is 1. The second-order valence-electron chi connectivity index (χ2n) is 5.03. The van der Waals surface area contributed by atoms with Crippen molar-refractivity contribution in [3.8, 4) is 17.6 Å². The molecule has 2 rings (SSSR count). The average Bonchev–Trinajstić information content (AvgIpc) is 2.65. The van der Waals surface area contributed by atoms with E-state index in [4.69, 9.17) is 14.7 Å². The van der Waals surface area contributed by atoms with E-state index in [9.17, 15) is 4.79 Å². The molecule has 0 radical (unpaired) electrons. The summed E-state index contributed by atoms with van der Waals surface area (Å²) in [5.74, 6) is 0.893. The normalized spacial score (nSPS) is 10.1. The molecule has 2 aromatic carbocycles. The Hall–Kier alpha value is -3.52. The number of anilines is 1. The Morgan fingerprint density at radius 1 is 1.28 bits per heavy atom. The van der Waals surface area contributed by atoms with Crippen molar-refractivity contribution in [1.82, 2.24) is 0 Å². The first-order valence-electron chi connectivity index (χ1n) is 7.57. The molecule has 1 amide bonds. The first-order chi connectivity index (χ1) is 12.2. The van der Waals surface area contributed by atoms with Gasteiger partial charge in [-0.15, -0.1) is 0 Å². The maximum Gasteiger partial charge on any atom is 0.248 e. The van der Waals surface area contributed by atoms with Crippen LogP contribution in [-0.2, 0) is 4.79 Å². The number of carbonyl (C=O) groups excluding carboxylic acids is 1. The molecule has 0 fully saturated rings. The molecule has 5 heteroatoms. The summed E-state index contributed by atoms with van der Waals surface area (Å²) in [6, 6.07) is 14.1. The summed E-state index contributed by atoms with van der Waals surface area (Å²) >= 11 is 0. The molecule has 25 heavy (non-hydrogen) atoms. The van der Waals surface area contributed by atoms with Crippen LogP contribution in [0.1, 0.15) is 11.1 Å². The number of ether oxygens (including phenoxy) is 2. The fourth-order valence-corrected chi connectivity index (χ4v) is 2.08. The van der Waals surface area contributed by atoms with Crippen LogP contribution >= 0.6 is 0 Å². The molecule has 0 aliphatic carbocycles. The molecule has 0 saturated carbocycles. The van der Waals surface area contributed by atoms with E-state index in [0.717, 1.165) is 5.56 Å². The van der Waals surface area contributed by atoms with Crippen molar-refractivity contribution < 1.29 is 14.3 Å². The lowest BCUT2D eigenvalue weighted by Gasteiger charge is -2.09. The third-order valence-electron chi connectivity index (χ3n) is 3.23. The van der Waals surface area contributed by atoms with Gasteiger partial charge in [0.15, 0.2) is 11.5 Å². The summed E-state index contributed by atoms with van der Waals surface area (Å²) < 4.78 is 10.8. The molecule has 2 aromatic rings. The summed E-state index contributed by atoms with van der Waals surface area (Å²) in [5.41, 5.74) is 1.85. The second-order valence-corrected chi connectivity index (χ2v) is 5.03. The van der Waals surface area contributed by atoms with E-state index in [1.807, 2.05) is 12.1 Å². The number of nitriles is 1. The van der Waals surface area contributed by atoms with E-state index in [0.29, 0.717) is 29.4 Å². The molecule has 0 saturated heterocycles. The third-order valence-corrected chi connectivity index (χ3v) is 3.23. The van der Waals surface area contributed by atoms with Crippen molar-refractivity contribution in [1.29, 1.82) is 5.26 Å². The highest BCUT2D eigenvalue weighted by Crippen LogP contribution is 2.28. The average molecular weight is 334 g/mol. The van der Waals surface area contributed by atoms with Gasteiger partial charge in [0.25, 0.3) is 0 Å². The number of rotatable bonds is 7. The number of benzene rings is 2. The lowest BCUT2D eigenvalue weighted by molar-refractivity contribution is -0.111. The van der Waals surface area contributed by atoms with Gasteiger partial charge in [-0.2, -0.15) is 5.26 Å². The molecule has 0 unspecified atom stereocenters. The molecule has 0 aliphatic heterocycles. The number of carbonyl (C=O) groups is 1. The monoisotopic (exact) mass is 334 g/mol. The van der Waals surface area contributed by atoms with Crippen LogP contribution in [0, 0.1) is 11.3 Å². The Morgan fingerprint density at radius 3 is 2.84 bits per heavy atom. The summed E-state index contributed by atoms with van der Waals surface area (Å²) in [5, 5.41) is 11.6. The summed E-state index contributed by atoms with van der Waals surface area (Å²) in [7, 11) is 1.55. The molecular formula is C20H18N2O3. The SMILES string of the molecule is C=CCOc1ccc(/C=C/C(=O)Nc2cccc(C#N)c2)cc1OC. The van der Waals surface area contributed by atoms with Crippen molar-refractivity contribution in [3.63, 3.8) is 0 Å². The van der Waals surface area contributed by atoms with Crippen molar-refractivity contribution in [2.24, 2.45) is 0 Å². The standard InChI is InChI=1S/C20H18N2O3/c1-3-11-25-18-9-7-15(13-19(18)24-2)8-10-20(23)22-17-6-4-5-16(12-17)14-21/h3-10,12-13H,1,11H2,2H3,(H,22,23)/b10-8+. The molecule has 0 bridgehead atoms. The minimum Gasteiger partial charge on any atom is -0.493 e. The van der Waals surface area contributed by atoms with Crippen LogP contribution in [0.5, 0.6) is 11.5 Å². The van der Waals surface area contributed by atoms with E-state index in [1.54, 1.807) is 55.7 Å². The zero-order valence-corrected chi connectivity index (χ0v) is 13.9. The minimum atomic E-state index is -0.291. The van der Waals surface area contributed by atoms with E-state index in [-0.39, 0.29) is 5.91 Å². The molecule has 1 N–H and O–H groups in total. The number of nitrogens with zero attached hydrogens (tertiary/aromatic N) is 1. The molecule has 0 aliphatic rings. The molecule has 0 aromatic heterocycles. The predicted molar refractivity (Wildman–Crippen MR) is 97.5 cm³/mol. The molecule has 0 spiro atoms. The maximum atomic E-state index is 12.0. The molecule has 0 atom stereocenters. The largest absolute Gasteiger partial charge is 0.493 e. The van der Waals surface area contributed by atoms with Gasteiger partial charge in [-0.25, -0.2) is 0 Å². The highest BCUT2D eigenvalue weighted by atomic mass is 16.5. The van der Waals surface area contributed by atoms with Gasteiger partial charge in [-0.3, -0.25) is 4.79 Å². The van der Waals surface area contributed by atoms with Gasteiger partial charge < -0.3 is 14.8 Å². The van der Waals surface area contributed by atoms with Crippen molar-refractivity contribution in [2.75, 3.05) is 19.0 Å². The Labute approximate surface area is 146 Å². The Balaban J connectivity index is 2.06. The predicted octanol–water partition coefficient (Wildman–Crippen LogP) is 3.78. The Bertz CT molecular complexity index is 835. The van der Waals surface area contributed by atoms with Gasteiger partial charge in [-0.05, 0) is 42.0 Å². The van der Waals surface area contributed by atoms with Gasteiger partial charge in [0.2, 0.25) is 5.91 Å². The number of amides is 1. The maximum absolute atomic E-state index is 12.0. The third kappa shape index (κ3) is 5.26. The van der Waals surface area contributed by atoms with Gasteiger partial charge in [0, 0.05) is 11.8 Å². The lowest BCUT2D eigenvalue weighted by atomic mass is 10.2. The zero-order chi connectivity index (χ0) is 18.1. The number of nitrogens with one attached hydrogen (secondary N) is 1. The van der Waals surface area contributed by atoms with Gasteiger partial charge in [0.1, 0.15) is 6.61 Å². The van der Waals surface area contributed by atoms with E-state index in [1.165, 1.54) is 6.08 Å². The molecule has 5 nitrogen and oxygen atoms in total. The zero-order valence-electron chi connectivity index (χ0n) is 13.9. The molecule has 0 heterocycles. The Kier molecular flexibility index (Phi) is 6.38. The van der Waals surface area contributed by atoms with Crippen molar-refractivity contribution in [3.05, 3.63) is 72.3 Å². The fourth-order valence-electron chi connectivity index (χ4n) is 2.08. The molecule has 126 valence electrons. The van der Waals surface area contributed by atoms with E-state index >= 15 is 0 Å². The van der Waals surface area contributed by atoms with E-state index < -0.39 is 0 Å². The molecular weight excluding hydrogens is 316 g/mol. The van der Waals surface area contributed by atoms with Gasteiger partial charge in [0.05, 0.1) is 18.7 Å². The van der Waals surface area contributed by atoms with Crippen LogP contribution in [-0.4, -0.2) is 19.6 Å². The van der Waals surface area contributed by atoms with Crippen molar-refractivity contribution in [2.45, 2.75) is 0 Å². The second kappa shape index (κ2) is 8.94. The summed E-state index contributed by atoms with van der Waals surface area (Å²) in [6.07, 6.45) is 4.74. The van der Waals surface area contributed by atoms with E-state index in [2.05, 4.69) is 11.9 Å². The quantitative estimate of drug-likeness (QED) is 0.618. The topological polar surface area (TPSA) is 71.3 Å². The van der Waals surface area contributed by atoms with Crippen LogP contribution in [0.2, 0.25) is 0 Å². The van der Waals surface area contributed by atoms with Crippen LogP contribution in [0.3, 0.4) is 0 Å². The van der Waals surface area contributed by atoms with Crippen LogP contribution in [0.15, 0.2) is 61.2 Å². The number of hydrogen-bond donors (Lipinski definition) is 1. The van der Waals surface area contributed by atoms with Crippen LogP contribution in [0.4, 0.5) is 5.69 Å². The first-order valence-corrected chi connectivity index (χ1v) is 7.57. The van der Waals surface area contributed by atoms with Crippen LogP contribution < -0.4 is 14.8 Å². The fraction of sp³-hybridized carbons (Fsp3) is 0.100. The van der Waals surface area contributed by atoms with Crippen molar-refractivity contribution >= 4 is 17.7 Å². The summed E-state index contributed by atoms with van der Waals surface area (Å²) in [6.45, 7) is 3.99. The smallest absolute Gasteiger partial charge is 0.248 e. The van der Waals surface area contributed by atoms with Crippen LogP contribution in [0.25, 0.3) is 6.08 Å². The lowest BCUT2D eigenvalue weighted by Crippen LogP contribution is -2.07. The first kappa shape index (κ1) is 17.8. The number of hydrogen-bond acceptors (Lipinski definition) is 4.